The molecule has 2 amide bonds. The molecule has 1 aliphatic rings. The van der Waals surface area contributed by atoms with Crippen molar-refractivity contribution < 1.29 is 9.59 Å². The van der Waals surface area contributed by atoms with Gasteiger partial charge in [-0.25, -0.2) is 0 Å². The highest BCUT2D eigenvalue weighted by Crippen LogP contribution is 2.17. The van der Waals surface area contributed by atoms with Crippen molar-refractivity contribution in [3.63, 3.8) is 0 Å². The topological polar surface area (TPSA) is 49.4 Å². The van der Waals surface area contributed by atoms with E-state index in [0.717, 1.165) is 5.75 Å². The van der Waals surface area contributed by atoms with Crippen molar-refractivity contribution in [3.8, 4) is 12.3 Å². The summed E-state index contributed by atoms with van der Waals surface area (Å²) in [6.07, 6.45) is 5.28. The summed E-state index contributed by atoms with van der Waals surface area (Å²) in [5, 5.41) is 2.69. The summed E-state index contributed by atoms with van der Waals surface area (Å²) in [5.74, 6) is 3.04. The molecule has 2 rings (SSSR count). The van der Waals surface area contributed by atoms with Gasteiger partial charge in [-0.3, -0.25) is 9.59 Å². The highest BCUT2D eigenvalue weighted by atomic mass is 32.2. The number of hydrogen-bond donors (Lipinski definition) is 1. The molecule has 1 N–H and O–H groups in total. The molecule has 1 saturated heterocycles. The molecular formula is C13H12N2O2S. The van der Waals surface area contributed by atoms with Gasteiger partial charge in [-0.1, -0.05) is 23.7 Å². The van der Waals surface area contributed by atoms with Gasteiger partial charge in [-0.2, -0.15) is 0 Å². The summed E-state index contributed by atoms with van der Waals surface area (Å²) in [7, 11) is 0. The minimum absolute atomic E-state index is 0.0393. The molecule has 0 unspecified atom stereocenters. The molecule has 0 aliphatic carbocycles. The van der Waals surface area contributed by atoms with Crippen molar-refractivity contribution in [3.05, 3.63) is 29.8 Å². The summed E-state index contributed by atoms with van der Waals surface area (Å²) < 4.78 is 0. The van der Waals surface area contributed by atoms with E-state index in [1.165, 1.54) is 16.7 Å². The van der Waals surface area contributed by atoms with Gasteiger partial charge >= 0.3 is 0 Å². The van der Waals surface area contributed by atoms with E-state index in [1.54, 1.807) is 24.3 Å². The number of hydrogen-bond acceptors (Lipinski definition) is 3. The first-order valence-corrected chi connectivity index (χ1v) is 6.46. The molecule has 18 heavy (non-hydrogen) atoms. The van der Waals surface area contributed by atoms with Crippen molar-refractivity contribution in [2.24, 2.45) is 0 Å². The zero-order chi connectivity index (χ0) is 13.0. The van der Waals surface area contributed by atoms with Crippen LogP contribution in [0.15, 0.2) is 24.3 Å². The van der Waals surface area contributed by atoms with E-state index in [9.17, 15) is 9.59 Å². The number of benzene rings is 1. The second-order valence-electron chi connectivity index (χ2n) is 3.81. The lowest BCUT2D eigenvalue weighted by molar-refractivity contribution is -0.116. The molecule has 4 nitrogen and oxygen atoms in total. The highest BCUT2D eigenvalue weighted by Gasteiger charge is 2.23. The number of nitrogens with zero attached hydrogens (tertiary/aromatic N) is 1. The maximum Gasteiger partial charge on any atom is 0.282 e. The maximum atomic E-state index is 11.7. The van der Waals surface area contributed by atoms with Crippen LogP contribution in [0.2, 0.25) is 0 Å². The number of carbonyl (C=O) groups excluding carboxylic acids is 2. The Balaban J connectivity index is 1.94. The smallest absolute Gasteiger partial charge is 0.282 e. The summed E-state index contributed by atoms with van der Waals surface area (Å²) in [6.45, 7) is 0.716. The number of anilines is 1. The van der Waals surface area contributed by atoms with Crippen LogP contribution in [-0.2, 0) is 4.79 Å². The zero-order valence-electron chi connectivity index (χ0n) is 9.68. The third-order valence-electron chi connectivity index (χ3n) is 2.49. The normalized spacial score (nSPS) is 14.4. The molecule has 92 valence electrons. The van der Waals surface area contributed by atoms with Crippen LogP contribution in [0.1, 0.15) is 5.56 Å². The van der Waals surface area contributed by atoms with Gasteiger partial charge in [0, 0.05) is 23.5 Å². The van der Waals surface area contributed by atoms with Crippen LogP contribution in [0.25, 0.3) is 0 Å². The van der Waals surface area contributed by atoms with Crippen molar-refractivity contribution in [2.45, 2.75) is 0 Å². The van der Waals surface area contributed by atoms with Crippen LogP contribution in [0, 0.1) is 12.3 Å². The molecule has 0 radical (unpaired) electrons. The number of nitrogens with one attached hydrogen (secondary N) is 1. The fourth-order valence-corrected chi connectivity index (χ4v) is 2.45. The van der Waals surface area contributed by atoms with Gasteiger partial charge in [0.05, 0.1) is 0 Å². The Hall–Kier alpha value is -1.93. The molecule has 1 heterocycles. The lowest BCUT2D eigenvalue weighted by Gasteiger charge is -2.14. The molecule has 0 spiro atoms. The van der Waals surface area contributed by atoms with Gasteiger partial charge in [0.2, 0.25) is 5.91 Å². The third-order valence-corrected chi connectivity index (χ3v) is 3.38. The zero-order valence-corrected chi connectivity index (χ0v) is 10.5. The molecule has 1 aromatic carbocycles. The second kappa shape index (κ2) is 5.61. The fraction of sp³-hybridized carbons (Fsp3) is 0.231. The highest BCUT2D eigenvalue weighted by molar-refractivity contribution is 8.13. The van der Waals surface area contributed by atoms with Crippen molar-refractivity contribution in [1.82, 2.24) is 4.90 Å². The minimum atomic E-state index is -0.208. The quantitative estimate of drug-likeness (QED) is 0.843. The molecule has 0 saturated carbocycles. The Bertz CT molecular complexity index is 522. The fourth-order valence-electron chi connectivity index (χ4n) is 1.63. The number of carbonyl (C=O) groups is 2. The van der Waals surface area contributed by atoms with Crippen LogP contribution >= 0.6 is 11.8 Å². The molecule has 0 bridgehead atoms. The minimum Gasteiger partial charge on any atom is -0.325 e. The van der Waals surface area contributed by atoms with Crippen LogP contribution < -0.4 is 5.32 Å². The molecule has 1 fully saturated rings. The average Bonchev–Trinajstić information content (AvgIpc) is 2.75. The van der Waals surface area contributed by atoms with E-state index < -0.39 is 0 Å². The van der Waals surface area contributed by atoms with Gasteiger partial charge in [0.25, 0.3) is 5.24 Å². The number of terminal acetylenes is 1. The van der Waals surface area contributed by atoms with Crippen molar-refractivity contribution >= 4 is 28.6 Å². The third kappa shape index (κ3) is 3.05. The molecule has 1 aliphatic heterocycles. The Morgan fingerprint density at radius 1 is 1.56 bits per heavy atom. The Morgan fingerprint density at radius 3 is 3.06 bits per heavy atom. The van der Waals surface area contributed by atoms with E-state index in [2.05, 4.69) is 11.2 Å². The first-order chi connectivity index (χ1) is 8.69. The van der Waals surface area contributed by atoms with E-state index in [0.29, 0.717) is 17.8 Å². The lowest BCUT2D eigenvalue weighted by Crippen LogP contribution is -2.33. The number of amides is 2. The van der Waals surface area contributed by atoms with E-state index in [4.69, 9.17) is 6.42 Å². The van der Waals surface area contributed by atoms with Crippen LogP contribution in [0.5, 0.6) is 0 Å². The largest absolute Gasteiger partial charge is 0.325 e. The van der Waals surface area contributed by atoms with E-state index in [1.807, 2.05) is 0 Å². The Morgan fingerprint density at radius 2 is 2.39 bits per heavy atom. The summed E-state index contributed by atoms with van der Waals surface area (Å²) in [5.41, 5.74) is 1.36. The van der Waals surface area contributed by atoms with E-state index >= 15 is 0 Å². The van der Waals surface area contributed by atoms with Crippen LogP contribution in [0.4, 0.5) is 10.5 Å². The van der Waals surface area contributed by atoms with Crippen LogP contribution in [0.3, 0.4) is 0 Å². The monoisotopic (exact) mass is 260 g/mol. The van der Waals surface area contributed by atoms with Gasteiger partial charge in [0.15, 0.2) is 0 Å². The SMILES string of the molecule is C#Cc1cccc(NC(=O)CN2CCSC2=O)c1. The summed E-state index contributed by atoms with van der Waals surface area (Å²) in [6, 6.07) is 7.05. The second-order valence-corrected chi connectivity index (χ2v) is 4.86. The predicted octanol–water partition coefficient (Wildman–Crippen LogP) is 1.78. The lowest BCUT2D eigenvalue weighted by atomic mass is 10.2. The van der Waals surface area contributed by atoms with Crippen molar-refractivity contribution in [1.29, 1.82) is 0 Å². The first-order valence-electron chi connectivity index (χ1n) is 5.47. The number of thioether (sulfide) groups is 1. The number of rotatable bonds is 3. The van der Waals surface area contributed by atoms with Gasteiger partial charge in [-0.05, 0) is 18.2 Å². The van der Waals surface area contributed by atoms with E-state index in [-0.39, 0.29) is 17.7 Å². The van der Waals surface area contributed by atoms with Gasteiger partial charge in [-0.15, -0.1) is 6.42 Å². The average molecular weight is 260 g/mol. The first kappa shape index (κ1) is 12.5. The molecule has 0 aromatic heterocycles. The van der Waals surface area contributed by atoms with Crippen LogP contribution in [-0.4, -0.2) is 34.9 Å². The molecule has 0 atom stereocenters. The maximum absolute atomic E-state index is 11.7. The van der Waals surface area contributed by atoms with Gasteiger partial charge in [0.1, 0.15) is 6.54 Å². The predicted molar refractivity (Wildman–Crippen MR) is 72.4 cm³/mol. The Labute approximate surface area is 110 Å². The summed E-state index contributed by atoms with van der Waals surface area (Å²) >= 11 is 1.24. The Kier molecular flexibility index (Phi) is 3.90. The molecule has 5 heteroatoms. The molecule has 1 aromatic rings. The molecular weight excluding hydrogens is 248 g/mol. The summed E-state index contributed by atoms with van der Waals surface area (Å²) in [4.78, 5) is 24.6. The van der Waals surface area contributed by atoms with Gasteiger partial charge < -0.3 is 10.2 Å². The van der Waals surface area contributed by atoms with Crippen molar-refractivity contribution in [2.75, 3.05) is 24.2 Å². The standard InChI is InChI=1S/C13H12N2O2S/c1-2-10-4-3-5-11(8-10)14-12(16)9-15-6-7-18-13(15)17/h1,3-5,8H,6-7,9H2,(H,14,16).